The van der Waals surface area contributed by atoms with Gasteiger partial charge in [0, 0.05) is 24.2 Å². The molecule has 1 fully saturated rings. The van der Waals surface area contributed by atoms with Crippen molar-refractivity contribution in [1.29, 1.82) is 0 Å². The summed E-state index contributed by atoms with van der Waals surface area (Å²) < 4.78 is 5.25. The Morgan fingerprint density at radius 3 is 3.16 bits per heavy atom. The summed E-state index contributed by atoms with van der Waals surface area (Å²) in [5.74, 6) is -1.08. The molecule has 1 aliphatic rings. The largest absolute Gasteiger partial charge is 0.481 e. The molecule has 0 bridgehead atoms. The van der Waals surface area contributed by atoms with E-state index in [0.717, 1.165) is 0 Å². The van der Waals surface area contributed by atoms with Gasteiger partial charge < -0.3 is 15.2 Å². The van der Waals surface area contributed by atoms with Crippen LogP contribution in [0.1, 0.15) is 6.42 Å². The van der Waals surface area contributed by atoms with E-state index in [1.807, 2.05) is 4.90 Å². The van der Waals surface area contributed by atoms with Gasteiger partial charge in [-0.1, -0.05) is 0 Å². The molecule has 19 heavy (non-hydrogen) atoms. The molecule has 1 amide bonds. The molecule has 1 unspecified atom stereocenters. The maximum absolute atomic E-state index is 11.8. The summed E-state index contributed by atoms with van der Waals surface area (Å²) in [6.07, 6.45) is 1.59. The van der Waals surface area contributed by atoms with Crippen molar-refractivity contribution in [3.63, 3.8) is 0 Å². The fourth-order valence-electron chi connectivity index (χ4n) is 1.92. The first kappa shape index (κ1) is 13.9. The van der Waals surface area contributed by atoms with E-state index < -0.39 is 5.97 Å². The zero-order valence-corrected chi connectivity index (χ0v) is 11.1. The number of carbonyl (C=O) groups excluding carboxylic acids is 1. The SMILES string of the molecule is O=C(O)CC1COCCN1CC(=O)Nc1nccs1. The minimum Gasteiger partial charge on any atom is -0.481 e. The van der Waals surface area contributed by atoms with Gasteiger partial charge in [0.2, 0.25) is 5.91 Å². The molecule has 2 heterocycles. The van der Waals surface area contributed by atoms with Gasteiger partial charge in [0.15, 0.2) is 5.13 Å². The molecule has 0 aromatic carbocycles. The fraction of sp³-hybridized carbons (Fsp3) is 0.545. The topological polar surface area (TPSA) is 91.8 Å². The first-order valence-electron chi connectivity index (χ1n) is 5.88. The zero-order valence-electron chi connectivity index (χ0n) is 10.2. The summed E-state index contributed by atoms with van der Waals surface area (Å²) in [5, 5.41) is 13.8. The summed E-state index contributed by atoms with van der Waals surface area (Å²) in [6, 6.07) is -0.256. The van der Waals surface area contributed by atoms with Crippen molar-refractivity contribution >= 4 is 28.3 Å². The Kier molecular flexibility index (Phi) is 4.83. The van der Waals surface area contributed by atoms with Crippen molar-refractivity contribution in [2.24, 2.45) is 0 Å². The number of carbonyl (C=O) groups is 2. The van der Waals surface area contributed by atoms with Crippen LogP contribution in [0.3, 0.4) is 0 Å². The summed E-state index contributed by atoms with van der Waals surface area (Å²) >= 11 is 1.34. The van der Waals surface area contributed by atoms with Crippen LogP contribution in [-0.2, 0) is 14.3 Å². The van der Waals surface area contributed by atoms with E-state index in [1.54, 1.807) is 11.6 Å². The van der Waals surface area contributed by atoms with Gasteiger partial charge in [-0.25, -0.2) is 4.98 Å². The smallest absolute Gasteiger partial charge is 0.305 e. The predicted octanol–water partition coefficient (Wildman–Crippen LogP) is 0.257. The number of carboxylic acids is 1. The van der Waals surface area contributed by atoms with E-state index in [2.05, 4.69) is 10.3 Å². The maximum atomic E-state index is 11.8. The molecule has 1 atom stereocenters. The van der Waals surface area contributed by atoms with Crippen LogP contribution >= 0.6 is 11.3 Å². The molecule has 1 aromatic rings. The molecule has 1 saturated heterocycles. The number of hydrogen-bond donors (Lipinski definition) is 2. The van der Waals surface area contributed by atoms with Crippen LogP contribution in [0.4, 0.5) is 5.13 Å². The molecule has 2 N–H and O–H groups in total. The van der Waals surface area contributed by atoms with Gasteiger partial charge in [-0.3, -0.25) is 14.5 Å². The third kappa shape index (κ3) is 4.27. The number of hydrogen-bond acceptors (Lipinski definition) is 6. The molecule has 2 rings (SSSR count). The number of nitrogens with zero attached hydrogens (tertiary/aromatic N) is 2. The molecule has 1 aromatic heterocycles. The third-order valence-corrected chi connectivity index (χ3v) is 3.47. The molecule has 104 valence electrons. The van der Waals surface area contributed by atoms with Crippen LogP contribution in [0.25, 0.3) is 0 Å². The fourth-order valence-corrected chi connectivity index (χ4v) is 2.46. The Labute approximate surface area is 114 Å². The highest BCUT2D eigenvalue weighted by molar-refractivity contribution is 7.13. The minimum absolute atomic E-state index is 0.0233. The predicted molar refractivity (Wildman–Crippen MR) is 69.2 cm³/mol. The molecule has 0 aliphatic carbocycles. The number of aliphatic carboxylic acids is 1. The van der Waals surface area contributed by atoms with Crippen molar-refractivity contribution in [2.75, 3.05) is 31.6 Å². The second-order valence-corrected chi connectivity index (χ2v) is 5.08. The third-order valence-electron chi connectivity index (χ3n) is 2.79. The Hall–Kier alpha value is -1.51. The van der Waals surface area contributed by atoms with Crippen LogP contribution in [0.2, 0.25) is 0 Å². The lowest BCUT2D eigenvalue weighted by atomic mass is 10.1. The monoisotopic (exact) mass is 285 g/mol. The quantitative estimate of drug-likeness (QED) is 0.806. The van der Waals surface area contributed by atoms with Crippen LogP contribution < -0.4 is 5.32 Å². The van der Waals surface area contributed by atoms with Gasteiger partial charge in [0.1, 0.15) is 0 Å². The lowest BCUT2D eigenvalue weighted by molar-refractivity contribution is -0.141. The maximum Gasteiger partial charge on any atom is 0.305 e. The average molecular weight is 285 g/mol. The Balaban J connectivity index is 1.88. The number of morpholine rings is 1. The lowest BCUT2D eigenvalue weighted by Crippen LogP contribution is -2.49. The van der Waals surface area contributed by atoms with Gasteiger partial charge in [-0.15, -0.1) is 11.3 Å². The van der Waals surface area contributed by atoms with E-state index >= 15 is 0 Å². The first-order chi connectivity index (χ1) is 9.15. The molecule has 0 saturated carbocycles. The highest BCUT2D eigenvalue weighted by Crippen LogP contribution is 2.13. The summed E-state index contributed by atoms with van der Waals surface area (Å²) in [4.78, 5) is 28.4. The van der Waals surface area contributed by atoms with Crippen LogP contribution in [0.5, 0.6) is 0 Å². The molecule has 0 spiro atoms. The molecule has 0 radical (unpaired) electrons. The number of thiazole rings is 1. The number of nitrogens with one attached hydrogen (secondary N) is 1. The van der Waals surface area contributed by atoms with Crippen LogP contribution in [-0.4, -0.2) is 59.2 Å². The Morgan fingerprint density at radius 2 is 2.47 bits per heavy atom. The second-order valence-electron chi connectivity index (χ2n) is 4.18. The van der Waals surface area contributed by atoms with Crippen LogP contribution in [0, 0.1) is 0 Å². The lowest BCUT2D eigenvalue weighted by Gasteiger charge is -2.33. The molecule has 7 nitrogen and oxygen atoms in total. The number of amides is 1. The van der Waals surface area contributed by atoms with E-state index in [1.165, 1.54) is 11.3 Å². The van der Waals surface area contributed by atoms with Gasteiger partial charge in [-0.05, 0) is 0 Å². The van der Waals surface area contributed by atoms with Crippen molar-refractivity contribution in [1.82, 2.24) is 9.88 Å². The molecular weight excluding hydrogens is 270 g/mol. The van der Waals surface area contributed by atoms with Gasteiger partial charge in [0.25, 0.3) is 0 Å². The highest BCUT2D eigenvalue weighted by Gasteiger charge is 2.26. The Bertz CT molecular complexity index is 437. The van der Waals surface area contributed by atoms with E-state index in [0.29, 0.717) is 24.9 Å². The average Bonchev–Trinajstić information content (AvgIpc) is 2.83. The minimum atomic E-state index is -0.888. The standard InChI is InChI=1S/C11H15N3O4S/c15-9(13-11-12-1-4-19-11)6-14-2-3-18-7-8(14)5-10(16)17/h1,4,8H,2-3,5-7H2,(H,16,17)(H,12,13,15). The molecule has 8 heteroatoms. The first-order valence-corrected chi connectivity index (χ1v) is 6.76. The summed E-state index contributed by atoms with van der Waals surface area (Å²) in [6.45, 7) is 1.57. The van der Waals surface area contributed by atoms with Crippen molar-refractivity contribution in [2.45, 2.75) is 12.5 Å². The van der Waals surface area contributed by atoms with E-state index in [-0.39, 0.29) is 24.9 Å². The Morgan fingerprint density at radius 1 is 1.63 bits per heavy atom. The normalized spacial score (nSPS) is 20.1. The highest BCUT2D eigenvalue weighted by atomic mass is 32.1. The van der Waals surface area contributed by atoms with Gasteiger partial charge in [0.05, 0.1) is 26.2 Å². The number of aromatic nitrogens is 1. The van der Waals surface area contributed by atoms with E-state index in [4.69, 9.17) is 9.84 Å². The number of ether oxygens (including phenoxy) is 1. The van der Waals surface area contributed by atoms with Crippen molar-refractivity contribution in [3.05, 3.63) is 11.6 Å². The molecule has 1 aliphatic heterocycles. The molecular formula is C11H15N3O4S. The van der Waals surface area contributed by atoms with Crippen molar-refractivity contribution < 1.29 is 19.4 Å². The number of rotatable bonds is 5. The zero-order chi connectivity index (χ0) is 13.7. The second kappa shape index (κ2) is 6.60. The summed E-state index contributed by atoms with van der Waals surface area (Å²) in [5.41, 5.74) is 0. The van der Waals surface area contributed by atoms with Gasteiger partial charge >= 0.3 is 5.97 Å². The number of anilines is 1. The van der Waals surface area contributed by atoms with Crippen LogP contribution in [0.15, 0.2) is 11.6 Å². The van der Waals surface area contributed by atoms with Crippen molar-refractivity contribution in [3.8, 4) is 0 Å². The van der Waals surface area contributed by atoms with E-state index in [9.17, 15) is 9.59 Å². The number of carboxylic acid groups (broad SMARTS) is 1. The van der Waals surface area contributed by atoms with Gasteiger partial charge in [-0.2, -0.15) is 0 Å². The summed E-state index contributed by atoms with van der Waals surface area (Å²) in [7, 11) is 0.